The van der Waals surface area contributed by atoms with Crippen LogP contribution in [0.3, 0.4) is 0 Å². The molecule has 3 aromatic heterocycles. The van der Waals surface area contributed by atoms with Crippen LogP contribution in [0.5, 0.6) is 0 Å². The summed E-state index contributed by atoms with van der Waals surface area (Å²) < 4.78 is 6.81. The smallest absolute Gasteiger partial charge is 0.330 e. The Morgan fingerprint density at radius 1 is 1.15 bits per heavy atom. The number of hydrogen-bond acceptors (Lipinski definition) is 7. The van der Waals surface area contributed by atoms with E-state index < -0.39 is 11.2 Å². The van der Waals surface area contributed by atoms with Gasteiger partial charge in [-0.25, -0.2) is 9.78 Å². The maximum absolute atomic E-state index is 13.6. The van der Waals surface area contributed by atoms with Gasteiger partial charge in [-0.05, 0) is 44.6 Å². The summed E-state index contributed by atoms with van der Waals surface area (Å²) in [4.78, 5) is 52.3. The van der Waals surface area contributed by atoms with Crippen LogP contribution in [0.1, 0.15) is 79.1 Å². The Bertz CT molecular complexity index is 1320. The molecule has 0 spiro atoms. The molecule has 2 fully saturated rings. The van der Waals surface area contributed by atoms with E-state index in [0.29, 0.717) is 55.4 Å². The van der Waals surface area contributed by atoms with Crippen molar-refractivity contribution in [1.29, 1.82) is 0 Å². The van der Waals surface area contributed by atoms with E-state index in [1.54, 1.807) is 17.9 Å². The second-order valence-corrected chi connectivity index (χ2v) is 9.58. The lowest BCUT2D eigenvalue weighted by molar-refractivity contribution is 0.0706. The van der Waals surface area contributed by atoms with Crippen LogP contribution in [0.15, 0.2) is 20.2 Å². The van der Waals surface area contributed by atoms with Crippen LogP contribution in [-0.2, 0) is 6.54 Å². The summed E-state index contributed by atoms with van der Waals surface area (Å²) in [7, 11) is 0. The van der Waals surface area contributed by atoms with E-state index in [1.165, 1.54) is 4.57 Å². The van der Waals surface area contributed by atoms with Crippen molar-refractivity contribution in [2.75, 3.05) is 13.1 Å². The third kappa shape index (κ3) is 4.09. The van der Waals surface area contributed by atoms with Crippen molar-refractivity contribution in [3.8, 4) is 0 Å². The van der Waals surface area contributed by atoms with Crippen LogP contribution in [0, 0.1) is 12.8 Å². The number of hydrogen-bond donors (Lipinski definition) is 1. The fraction of sp³-hybridized carbons (Fsp3) is 0.565. The average molecular weight is 453 g/mol. The van der Waals surface area contributed by atoms with Crippen molar-refractivity contribution >= 4 is 16.9 Å². The minimum atomic E-state index is -0.565. The average Bonchev–Trinajstić information content (AvgIpc) is 3.55. The van der Waals surface area contributed by atoms with Crippen molar-refractivity contribution in [3.63, 3.8) is 0 Å². The highest BCUT2D eigenvalue weighted by Gasteiger charge is 2.32. The summed E-state index contributed by atoms with van der Waals surface area (Å²) in [5.41, 5.74) is 0.360. The molecule has 3 aromatic rings. The summed E-state index contributed by atoms with van der Waals surface area (Å²) in [5, 5.41) is 4.06. The van der Waals surface area contributed by atoms with Crippen molar-refractivity contribution in [2.45, 2.75) is 64.8 Å². The first-order chi connectivity index (χ1) is 15.8. The highest BCUT2D eigenvalue weighted by molar-refractivity contribution is 6.05. The highest BCUT2D eigenvalue weighted by atomic mass is 16.5. The summed E-state index contributed by atoms with van der Waals surface area (Å²) in [6.07, 6.45) is 3.41. The molecule has 10 nitrogen and oxygen atoms in total. The number of carbonyl (C=O) groups excluding carboxylic acids is 1. The monoisotopic (exact) mass is 452 g/mol. The number of H-pyrrole nitrogens is 1. The number of amides is 1. The first kappa shape index (κ1) is 21.5. The second-order valence-electron chi connectivity index (χ2n) is 9.58. The summed E-state index contributed by atoms with van der Waals surface area (Å²) in [6, 6.07) is 1.76. The minimum Gasteiger partial charge on any atom is -0.339 e. The molecule has 1 saturated heterocycles. The molecule has 174 valence electrons. The fourth-order valence-electron chi connectivity index (χ4n) is 4.56. The van der Waals surface area contributed by atoms with Gasteiger partial charge in [0.2, 0.25) is 5.89 Å². The fourth-order valence-corrected chi connectivity index (χ4v) is 4.56. The third-order valence-electron chi connectivity index (χ3n) is 6.42. The number of pyridine rings is 1. The van der Waals surface area contributed by atoms with Crippen LogP contribution < -0.4 is 11.2 Å². The number of aromatic amines is 1. The first-order valence-electron chi connectivity index (χ1n) is 11.6. The molecule has 1 aliphatic carbocycles. The number of carbonyl (C=O) groups is 1. The lowest BCUT2D eigenvalue weighted by Gasteiger charge is -2.30. The Balaban J connectivity index is 1.52. The Kier molecular flexibility index (Phi) is 5.38. The SMILES string of the molecule is Cc1noc(C2CCN(C(=O)c3cc(C4CC4)nc4c3c(=O)[nH]c(=O)n4CC(C)C)CC2)n1. The van der Waals surface area contributed by atoms with Gasteiger partial charge in [-0.2, -0.15) is 4.98 Å². The van der Waals surface area contributed by atoms with Crippen molar-refractivity contribution in [1.82, 2.24) is 29.6 Å². The number of aromatic nitrogens is 5. The predicted octanol–water partition coefficient (Wildman–Crippen LogP) is 2.33. The van der Waals surface area contributed by atoms with E-state index in [-0.39, 0.29) is 29.0 Å². The molecule has 1 amide bonds. The van der Waals surface area contributed by atoms with E-state index >= 15 is 0 Å². The zero-order valence-electron chi connectivity index (χ0n) is 19.1. The number of likely N-dealkylation sites (tertiary alicyclic amines) is 1. The van der Waals surface area contributed by atoms with Gasteiger partial charge >= 0.3 is 5.69 Å². The van der Waals surface area contributed by atoms with Gasteiger partial charge in [0.05, 0.1) is 10.9 Å². The maximum Gasteiger partial charge on any atom is 0.330 e. The predicted molar refractivity (Wildman–Crippen MR) is 120 cm³/mol. The van der Waals surface area contributed by atoms with Gasteiger partial charge in [-0.15, -0.1) is 0 Å². The minimum absolute atomic E-state index is 0.117. The number of rotatable bonds is 5. The number of piperidine rings is 1. The number of aryl methyl sites for hydroxylation is 1. The van der Waals surface area contributed by atoms with Crippen molar-refractivity contribution in [2.24, 2.45) is 5.92 Å². The Hall–Kier alpha value is -3.30. The standard InChI is InChI=1S/C23H28N6O4/c1-12(2)11-29-19-18(20(30)26-23(29)32)16(10-17(25-19)14-4-5-14)22(31)28-8-6-15(7-9-28)21-24-13(3)27-33-21/h10,12,14-15H,4-9,11H2,1-3H3,(H,26,30,32). The molecule has 0 radical (unpaired) electrons. The maximum atomic E-state index is 13.6. The zero-order chi connectivity index (χ0) is 23.3. The molecular weight excluding hydrogens is 424 g/mol. The molecule has 1 aliphatic heterocycles. The van der Waals surface area contributed by atoms with Gasteiger partial charge < -0.3 is 9.42 Å². The molecule has 0 atom stereocenters. The molecule has 4 heterocycles. The van der Waals surface area contributed by atoms with E-state index in [0.717, 1.165) is 18.5 Å². The van der Waals surface area contributed by atoms with E-state index in [2.05, 4.69) is 15.1 Å². The van der Waals surface area contributed by atoms with Gasteiger partial charge in [0.15, 0.2) is 11.5 Å². The van der Waals surface area contributed by atoms with E-state index in [1.807, 2.05) is 13.8 Å². The van der Waals surface area contributed by atoms with Crippen LogP contribution in [0.25, 0.3) is 11.0 Å². The molecular formula is C23H28N6O4. The topological polar surface area (TPSA) is 127 Å². The molecule has 10 heteroatoms. The highest BCUT2D eigenvalue weighted by Crippen LogP contribution is 2.40. The Morgan fingerprint density at radius 2 is 1.88 bits per heavy atom. The summed E-state index contributed by atoms with van der Waals surface area (Å²) in [6.45, 7) is 7.24. The molecule has 5 rings (SSSR count). The largest absolute Gasteiger partial charge is 0.339 e. The van der Waals surface area contributed by atoms with Crippen LogP contribution >= 0.6 is 0 Å². The lowest BCUT2D eigenvalue weighted by atomic mass is 9.96. The number of nitrogens with zero attached hydrogens (tertiary/aromatic N) is 5. The molecule has 33 heavy (non-hydrogen) atoms. The lowest BCUT2D eigenvalue weighted by Crippen LogP contribution is -2.39. The number of fused-ring (bicyclic) bond motifs is 1. The molecule has 2 aliphatic rings. The molecule has 1 saturated carbocycles. The van der Waals surface area contributed by atoms with Gasteiger partial charge in [-0.3, -0.25) is 19.1 Å². The van der Waals surface area contributed by atoms with Gasteiger partial charge in [-0.1, -0.05) is 19.0 Å². The van der Waals surface area contributed by atoms with Crippen LogP contribution in [-0.4, -0.2) is 48.6 Å². The third-order valence-corrected chi connectivity index (χ3v) is 6.42. The van der Waals surface area contributed by atoms with Gasteiger partial charge in [0, 0.05) is 37.2 Å². The molecule has 0 unspecified atom stereocenters. The summed E-state index contributed by atoms with van der Waals surface area (Å²) >= 11 is 0. The van der Waals surface area contributed by atoms with Crippen LogP contribution in [0.2, 0.25) is 0 Å². The van der Waals surface area contributed by atoms with Gasteiger partial charge in [0.25, 0.3) is 11.5 Å². The molecule has 0 aromatic carbocycles. The Morgan fingerprint density at radius 3 is 2.48 bits per heavy atom. The summed E-state index contributed by atoms with van der Waals surface area (Å²) in [5.74, 6) is 1.57. The van der Waals surface area contributed by atoms with Crippen molar-refractivity contribution in [3.05, 3.63) is 49.9 Å². The molecule has 1 N–H and O–H groups in total. The normalized spacial score (nSPS) is 17.3. The molecule has 0 bridgehead atoms. The zero-order valence-corrected chi connectivity index (χ0v) is 19.1. The number of nitrogens with one attached hydrogen (secondary N) is 1. The van der Waals surface area contributed by atoms with Gasteiger partial charge in [0.1, 0.15) is 0 Å². The van der Waals surface area contributed by atoms with Crippen molar-refractivity contribution < 1.29 is 9.32 Å². The van der Waals surface area contributed by atoms with Crippen LogP contribution in [0.4, 0.5) is 0 Å². The van der Waals surface area contributed by atoms with E-state index in [9.17, 15) is 14.4 Å². The quantitative estimate of drug-likeness (QED) is 0.629. The Labute approximate surface area is 190 Å². The second kappa shape index (κ2) is 8.24. The van der Waals surface area contributed by atoms with E-state index in [4.69, 9.17) is 9.51 Å². The first-order valence-corrected chi connectivity index (χ1v) is 11.6.